The lowest BCUT2D eigenvalue weighted by atomic mass is 9.82. The van der Waals surface area contributed by atoms with E-state index in [4.69, 9.17) is 14.9 Å². The van der Waals surface area contributed by atoms with E-state index >= 15 is 4.39 Å². The maximum Gasteiger partial charge on any atom is 0.329 e. The number of thioether (sulfide) groups is 1. The molecule has 0 atom stereocenters. The Labute approximate surface area is 214 Å². The van der Waals surface area contributed by atoms with E-state index in [9.17, 15) is 9.18 Å². The maximum absolute atomic E-state index is 15.1. The fourth-order valence-electron chi connectivity index (χ4n) is 5.02. The average molecular weight is 515 g/mol. The van der Waals surface area contributed by atoms with Gasteiger partial charge in [-0.3, -0.25) is 4.68 Å². The number of aliphatic carboxylic acids is 1. The summed E-state index contributed by atoms with van der Waals surface area (Å²) in [7, 11) is 0. The topological polar surface area (TPSA) is 64.4 Å². The van der Waals surface area contributed by atoms with Gasteiger partial charge in [-0.2, -0.15) is 16.9 Å². The van der Waals surface area contributed by atoms with Gasteiger partial charge in [-0.1, -0.05) is 42.5 Å². The van der Waals surface area contributed by atoms with Crippen LogP contribution in [0.15, 0.2) is 48.5 Å². The van der Waals surface area contributed by atoms with Crippen molar-refractivity contribution in [3.05, 3.63) is 65.9 Å². The largest absolute Gasteiger partial charge is 0.480 e. The summed E-state index contributed by atoms with van der Waals surface area (Å²) in [4.78, 5) is 10.7. The van der Waals surface area contributed by atoms with Gasteiger partial charge in [-0.15, -0.1) is 0 Å². The van der Waals surface area contributed by atoms with Crippen LogP contribution in [0.25, 0.3) is 22.4 Å². The van der Waals surface area contributed by atoms with E-state index in [1.54, 1.807) is 23.9 Å². The Morgan fingerprint density at radius 3 is 2.50 bits per heavy atom. The number of hydrogen-bond donors (Lipinski definition) is 1. The number of rotatable bonds is 11. The second-order valence-corrected chi connectivity index (χ2v) is 10.3. The van der Waals surface area contributed by atoms with Crippen molar-refractivity contribution < 1.29 is 23.4 Å². The molecule has 0 unspecified atom stereocenters. The van der Waals surface area contributed by atoms with E-state index in [2.05, 4.69) is 0 Å². The van der Waals surface area contributed by atoms with Gasteiger partial charge < -0.3 is 9.84 Å². The van der Waals surface area contributed by atoms with Crippen LogP contribution in [-0.2, 0) is 22.5 Å². The number of hydrogen-bond acceptors (Lipinski definition) is 4. The van der Waals surface area contributed by atoms with Crippen LogP contribution in [0.2, 0.25) is 0 Å². The summed E-state index contributed by atoms with van der Waals surface area (Å²) in [5, 5.41) is 13.8. The molecule has 0 amide bonds. The smallest absolute Gasteiger partial charge is 0.329 e. The molecule has 4 rings (SSSR count). The number of benzene rings is 2. The van der Waals surface area contributed by atoms with Crippen LogP contribution in [-0.4, -0.2) is 46.1 Å². The zero-order chi connectivity index (χ0) is 25.5. The molecule has 1 saturated carbocycles. The third-order valence-electron chi connectivity index (χ3n) is 6.85. The second-order valence-electron chi connectivity index (χ2n) is 9.36. The molecule has 0 radical (unpaired) electrons. The molecule has 0 saturated heterocycles. The van der Waals surface area contributed by atoms with E-state index in [0.717, 1.165) is 48.8 Å². The molecule has 1 aliphatic carbocycles. The molecule has 1 heterocycles. The third-order valence-corrected chi connectivity index (χ3v) is 7.46. The van der Waals surface area contributed by atoms with Crippen LogP contribution < -0.4 is 0 Å². The van der Waals surface area contributed by atoms with Crippen molar-refractivity contribution in [2.24, 2.45) is 11.8 Å². The molecule has 2 aromatic carbocycles. The van der Waals surface area contributed by atoms with Crippen LogP contribution in [0.5, 0.6) is 0 Å². The normalized spacial score (nSPS) is 17.9. The first kappa shape index (κ1) is 26.4. The Bertz CT molecular complexity index is 1160. The Morgan fingerprint density at radius 1 is 1.08 bits per heavy atom. The molecule has 1 N–H and O–H groups in total. The predicted molar refractivity (Wildman–Crippen MR) is 139 cm³/mol. The summed E-state index contributed by atoms with van der Waals surface area (Å²) in [6.45, 7) is 0.928. The quantitative estimate of drug-likeness (QED) is 0.325. The molecule has 1 fully saturated rings. The van der Waals surface area contributed by atoms with Crippen molar-refractivity contribution in [3.8, 4) is 22.4 Å². The number of halogens is 2. The van der Waals surface area contributed by atoms with Crippen LogP contribution in [0.3, 0.4) is 0 Å². The first-order valence-electron chi connectivity index (χ1n) is 12.4. The van der Waals surface area contributed by atoms with E-state index in [0.29, 0.717) is 42.7 Å². The monoisotopic (exact) mass is 514 g/mol. The Hall–Kier alpha value is -2.71. The summed E-state index contributed by atoms with van der Waals surface area (Å²) in [6, 6.07) is 14.0. The Morgan fingerprint density at radius 2 is 1.81 bits per heavy atom. The van der Waals surface area contributed by atoms with Gasteiger partial charge in [0.05, 0.1) is 6.61 Å². The van der Waals surface area contributed by atoms with Crippen LogP contribution >= 0.6 is 11.8 Å². The standard InChI is InChI=1S/C28H32F2N2O3S/c1-36-15-14-24-26(22-8-5-9-23(29)27(22)30)28(21-6-3-2-4-7-21)31-32(24)16-19-10-12-20(13-11-19)17-35-18-25(33)34/h2-9,19-20H,10-18H2,1H3,(H,33,34)/t19-,20+. The van der Waals surface area contributed by atoms with Gasteiger partial charge in [-0.25, -0.2) is 13.6 Å². The van der Waals surface area contributed by atoms with Crippen molar-refractivity contribution in [1.82, 2.24) is 9.78 Å². The minimum Gasteiger partial charge on any atom is -0.480 e. The number of carbonyl (C=O) groups is 1. The van der Waals surface area contributed by atoms with Gasteiger partial charge >= 0.3 is 5.97 Å². The van der Waals surface area contributed by atoms with Gasteiger partial charge in [-0.05, 0) is 62.0 Å². The highest BCUT2D eigenvalue weighted by Crippen LogP contribution is 2.38. The van der Waals surface area contributed by atoms with Crippen LogP contribution in [0, 0.1) is 23.5 Å². The van der Waals surface area contributed by atoms with Crippen molar-refractivity contribution in [2.75, 3.05) is 25.2 Å². The first-order chi connectivity index (χ1) is 17.5. The van der Waals surface area contributed by atoms with Crippen molar-refractivity contribution in [2.45, 2.75) is 38.6 Å². The zero-order valence-electron chi connectivity index (χ0n) is 20.5. The SMILES string of the molecule is CSCCc1c(-c2cccc(F)c2F)c(-c2ccccc2)nn1C[C@H]1CC[C@@H](COCC(=O)O)CC1. The summed E-state index contributed by atoms with van der Waals surface area (Å²) < 4.78 is 36.7. The minimum absolute atomic E-state index is 0.246. The molecule has 8 heteroatoms. The van der Waals surface area contributed by atoms with Crippen LogP contribution in [0.1, 0.15) is 31.4 Å². The Balaban J connectivity index is 1.64. The third kappa shape index (κ3) is 6.34. The van der Waals surface area contributed by atoms with Crippen LogP contribution in [0.4, 0.5) is 8.78 Å². The van der Waals surface area contributed by atoms with Crippen molar-refractivity contribution in [3.63, 3.8) is 0 Å². The summed E-state index contributed by atoms with van der Waals surface area (Å²) >= 11 is 1.71. The van der Waals surface area contributed by atoms with Gasteiger partial charge in [0, 0.05) is 28.9 Å². The van der Waals surface area contributed by atoms with Gasteiger partial charge in [0.1, 0.15) is 12.3 Å². The zero-order valence-corrected chi connectivity index (χ0v) is 21.3. The lowest BCUT2D eigenvalue weighted by Gasteiger charge is -2.28. The molecular formula is C28H32F2N2O3S. The van der Waals surface area contributed by atoms with E-state index in [1.165, 1.54) is 0 Å². The van der Waals surface area contributed by atoms with Gasteiger partial charge in [0.2, 0.25) is 0 Å². The van der Waals surface area contributed by atoms with Gasteiger partial charge in [0.15, 0.2) is 11.6 Å². The fraction of sp³-hybridized carbons (Fsp3) is 0.429. The van der Waals surface area contributed by atoms with E-state index in [1.807, 2.05) is 41.3 Å². The summed E-state index contributed by atoms with van der Waals surface area (Å²) in [6.07, 6.45) is 6.67. The molecule has 0 aliphatic heterocycles. The fourth-order valence-corrected chi connectivity index (χ4v) is 5.41. The first-order valence-corrected chi connectivity index (χ1v) is 13.7. The molecule has 0 bridgehead atoms. The Kier molecular flexibility index (Phi) is 9.15. The van der Waals surface area contributed by atoms with Crippen molar-refractivity contribution >= 4 is 17.7 Å². The number of aromatic nitrogens is 2. The molecule has 192 valence electrons. The van der Waals surface area contributed by atoms with Crippen molar-refractivity contribution in [1.29, 1.82) is 0 Å². The molecule has 3 aromatic rings. The number of ether oxygens (including phenoxy) is 1. The highest BCUT2D eigenvalue weighted by molar-refractivity contribution is 7.98. The van der Waals surface area contributed by atoms with Gasteiger partial charge in [0.25, 0.3) is 0 Å². The summed E-state index contributed by atoms with van der Waals surface area (Å²) in [5.74, 6) is -1.04. The lowest BCUT2D eigenvalue weighted by molar-refractivity contribution is -0.142. The minimum atomic E-state index is -0.945. The molecule has 1 aliphatic rings. The summed E-state index contributed by atoms with van der Waals surface area (Å²) in [5.41, 5.74) is 3.39. The average Bonchev–Trinajstić information content (AvgIpc) is 3.23. The highest BCUT2D eigenvalue weighted by Gasteiger charge is 2.27. The lowest BCUT2D eigenvalue weighted by Crippen LogP contribution is -2.24. The molecular weight excluding hydrogens is 482 g/mol. The van der Waals surface area contributed by atoms with E-state index in [-0.39, 0.29) is 12.2 Å². The van der Waals surface area contributed by atoms with E-state index < -0.39 is 17.6 Å². The highest BCUT2D eigenvalue weighted by atomic mass is 32.2. The predicted octanol–water partition coefficient (Wildman–Crippen LogP) is 6.31. The second kappa shape index (κ2) is 12.5. The number of carboxylic acid groups (broad SMARTS) is 1. The maximum atomic E-state index is 15.1. The molecule has 5 nitrogen and oxygen atoms in total. The molecule has 1 aromatic heterocycles. The number of carboxylic acids is 1. The molecule has 36 heavy (non-hydrogen) atoms. The number of nitrogens with zero attached hydrogens (tertiary/aromatic N) is 2. The molecule has 0 spiro atoms.